The van der Waals surface area contributed by atoms with Crippen LogP contribution in [0.15, 0.2) is 30.3 Å². The topological polar surface area (TPSA) is 12.4 Å². The molecule has 0 radical (unpaired) electrons. The van der Waals surface area contributed by atoms with Crippen molar-refractivity contribution in [1.29, 1.82) is 0 Å². The molecule has 0 aromatic heterocycles. The second-order valence-corrected chi connectivity index (χ2v) is 1.06. The first-order chi connectivity index (χ1) is 3.35. The van der Waals surface area contributed by atoms with Crippen LogP contribution in [0.3, 0.4) is 0 Å². The lowest BCUT2D eigenvalue weighted by Crippen LogP contribution is -1.81. The zero-order valence-electron chi connectivity index (χ0n) is 4.52. The van der Waals surface area contributed by atoms with Crippen LogP contribution in [0.1, 0.15) is 0 Å². The molecule has 0 aromatic rings. The van der Waals surface area contributed by atoms with Gasteiger partial charge in [0, 0.05) is 7.05 Å². The molecule has 0 rings (SSSR count). The third kappa shape index (κ3) is 1.93. The van der Waals surface area contributed by atoms with Gasteiger partial charge in [-0.2, -0.15) is 0 Å². The van der Waals surface area contributed by atoms with Crippen molar-refractivity contribution in [2.24, 2.45) is 4.99 Å². The van der Waals surface area contributed by atoms with Gasteiger partial charge in [-0.3, -0.25) is 4.99 Å². The van der Waals surface area contributed by atoms with Gasteiger partial charge in [-0.25, -0.2) is 0 Å². The first-order valence-electron chi connectivity index (χ1n) is 2.06. The molecule has 0 aliphatic rings. The molecule has 0 N–H and O–H groups in total. The van der Waals surface area contributed by atoms with Gasteiger partial charge in [-0.05, 0) is 12.2 Å². The molecule has 0 aromatic carbocycles. The molecular weight excluding hydrogens is 86.1 g/mol. The Kier molecular flexibility index (Phi) is 2.94. The molecule has 0 amide bonds. The monoisotopic (exact) mass is 95.1 g/mol. The fourth-order valence-corrected chi connectivity index (χ4v) is 0.266. The summed E-state index contributed by atoms with van der Waals surface area (Å²) >= 11 is 0. The van der Waals surface area contributed by atoms with E-state index in [-0.39, 0.29) is 0 Å². The van der Waals surface area contributed by atoms with E-state index in [1.807, 2.05) is 0 Å². The predicted molar refractivity (Wildman–Crippen MR) is 33.8 cm³/mol. The maximum absolute atomic E-state index is 3.81. The van der Waals surface area contributed by atoms with Gasteiger partial charge in [0.1, 0.15) is 0 Å². The van der Waals surface area contributed by atoms with Crippen LogP contribution in [0, 0.1) is 0 Å². The Balaban J connectivity index is 3.85. The third-order valence-electron chi connectivity index (χ3n) is 0.676. The summed E-state index contributed by atoms with van der Waals surface area (Å²) in [4.78, 5) is 3.81. The number of hydrogen-bond acceptors (Lipinski definition) is 1. The van der Waals surface area contributed by atoms with Crippen molar-refractivity contribution in [3.8, 4) is 0 Å². The van der Waals surface area contributed by atoms with E-state index in [4.69, 9.17) is 0 Å². The first-order valence-corrected chi connectivity index (χ1v) is 2.06. The smallest absolute Gasteiger partial charge is 0.0559 e. The van der Waals surface area contributed by atoms with Crippen LogP contribution in [0.2, 0.25) is 0 Å². The van der Waals surface area contributed by atoms with Crippen LogP contribution in [0.5, 0.6) is 0 Å². The van der Waals surface area contributed by atoms with Crippen LogP contribution >= 0.6 is 0 Å². The third-order valence-corrected chi connectivity index (χ3v) is 0.676. The molecule has 0 heterocycles. The Labute approximate surface area is 44.1 Å². The van der Waals surface area contributed by atoms with Crippen LogP contribution < -0.4 is 0 Å². The molecule has 1 nitrogen and oxygen atoms in total. The van der Waals surface area contributed by atoms with E-state index in [2.05, 4.69) is 18.2 Å². The lowest BCUT2D eigenvalue weighted by Gasteiger charge is -1.81. The van der Waals surface area contributed by atoms with E-state index < -0.39 is 0 Å². The molecule has 0 spiro atoms. The lowest BCUT2D eigenvalue weighted by atomic mass is 10.4. The highest BCUT2D eigenvalue weighted by atomic mass is 14.7. The summed E-state index contributed by atoms with van der Waals surface area (Å²) in [6.45, 7) is 7.00. The number of nitrogens with zero attached hydrogens (tertiary/aromatic N) is 1. The van der Waals surface area contributed by atoms with Crippen molar-refractivity contribution in [2.75, 3.05) is 7.05 Å². The molecule has 0 saturated heterocycles. The minimum absolute atomic E-state index is 0.833. The second kappa shape index (κ2) is 3.34. The molecule has 38 valence electrons. The maximum Gasteiger partial charge on any atom is 0.0559 e. The van der Waals surface area contributed by atoms with Gasteiger partial charge >= 0.3 is 0 Å². The zero-order chi connectivity index (χ0) is 5.70. The van der Waals surface area contributed by atoms with Gasteiger partial charge in [0.05, 0.1) is 5.71 Å². The molecule has 0 aliphatic carbocycles. The summed E-state index contributed by atoms with van der Waals surface area (Å²) in [5, 5.41) is 0. The molecular formula is C6H9N. The number of aliphatic imine (C=N–C) groups is 1. The zero-order valence-corrected chi connectivity index (χ0v) is 4.52. The van der Waals surface area contributed by atoms with Crippen molar-refractivity contribution in [2.45, 2.75) is 0 Å². The molecule has 0 saturated carbocycles. The SMILES string of the molecule is C=CC(C=C)=NC. The summed E-state index contributed by atoms with van der Waals surface area (Å²) in [5.41, 5.74) is 0.833. The Morgan fingerprint density at radius 3 is 1.86 bits per heavy atom. The summed E-state index contributed by atoms with van der Waals surface area (Å²) in [6.07, 6.45) is 3.32. The predicted octanol–water partition coefficient (Wildman–Crippen LogP) is 1.43. The van der Waals surface area contributed by atoms with Gasteiger partial charge in [0.2, 0.25) is 0 Å². The molecule has 0 unspecified atom stereocenters. The highest BCUT2D eigenvalue weighted by molar-refractivity contribution is 6.03. The van der Waals surface area contributed by atoms with Gasteiger partial charge in [0.25, 0.3) is 0 Å². The van der Waals surface area contributed by atoms with E-state index in [1.54, 1.807) is 19.2 Å². The molecule has 0 fully saturated rings. The van der Waals surface area contributed by atoms with Gasteiger partial charge in [-0.15, -0.1) is 0 Å². The van der Waals surface area contributed by atoms with Crippen LogP contribution in [0.25, 0.3) is 0 Å². The van der Waals surface area contributed by atoms with Crippen molar-refractivity contribution < 1.29 is 0 Å². The van der Waals surface area contributed by atoms with E-state index in [0.717, 1.165) is 5.71 Å². The summed E-state index contributed by atoms with van der Waals surface area (Å²) < 4.78 is 0. The molecule has 0 atom stereocenters. The highest BCUT2D eigenvalue weighted by Crippen LogP contribution is 1.76. The fraction of sp³-hybridized carbons (Fsp3) is 0.167. The normalized spacial score (nSPS) is 7.00. The summed E-state index contributed by atoms with van der Waals surface area (Å²) in [6, 6.07) is 0. The minimum atomic E-state index is 0.833. The van der Waals surface area contributed by atoms with Crippen molar-refractivity contribution in [3.05, 3.63) is 25.3 Å². The fourth-order valence-electron chi connectivity index (χ4n) is 0.266. The van der Waals surface area contributed by atoms with E-state index in [9.17, 15) is 0 Å². The summed E-state index contributed by atoms with van der Waals surface area (Å²) in [7, 11) is 1.71. The van der Waals surface area contributed by atoms with Crippen LogP contribution in [0.4, 0.5) is 0 Å². The number of hydrogen-bond donors (Lipinski definition) is 0. The van der Waals surface area contributed by atoms with Gasteiger partial charge in [0.15, 0.2) is 0 Å². The standard InChI is InChI=1S/C6H9N/c1-4-6(5-2)7-3/h4-5H,1-2H2,3H3. The molecule has 7 heavy (non-hydrogen) atoms. The minimum Gasteiger partial charge on any atom is -0.289 e. The summed E-state index contributed by atoms with van der Waals surface area (Å²) in [5.74, 6) is 0. The molecule has 0 aliphatic heterocycles. The Hall–Kier alpha value is -0.850. The second-order valence-electron chi connectivity index (χ2n) is 1.06. The Morgan fingerprint density at radius 1 is 1.43 bits per heavy atom. The van der Waals surface area contributed by atoms with Crippen molar-refractivity contribution in [1.82, 2.24) is 0 Å². The van der Waals surface area contributed by atoms with E-state index >= 15 is 0 Å². The van der Waals surface area contributed by atoms with Crippen LogP contribution in [-0.2, 0) is 0 Å². The number of allylic oxidation sites excluding steroid dienone is 2. The molecule has 0 bridgehead atoms. The van der Waals surface area contributed by atoms with Crippen molar-refractivity contribution in [3.63, 3.8) is 0 Å². The average molecular weight is 95.1 g/mol. The quantitative estimate of drug-likeness (QED) is 0.460. The van der Waals surface area contributed by atoms with Crippen LogP contribution in [-0.4, -0.2) is 12.8 Å². The van der Waals surface area contributed by atoms with E-state index in [1.165, 1.54) is 0 Å². The van der Waals surface area contributed by atoms with Crippen molar-refractivity contribution >= 4 is 5.71 Å². The van der Waals surface area contributed by atoms with Gasteiger partial charge in [-0.1, -0.05) is 13.2 Å². The largest absolute Gasteiger partial charge is 0.289 e. The highest BCUT2D eigenvalue weighted by Gasteiger charge is 1.74. The Morgan fingerprint density at radius 2 is 1.86 bits per heavy atom. The first kappa shape index (κ1) is 6.15. The average Bonchev–Trinajstić information content (AvgIpc) is 1.72. The van der Waals surface area contributed by atoms with E-state index in [0.29, 0.717) is 0 Å². The Bertz CT molecular complexity index is 90.7. The van der Waals surface area contributed by atoms with Gasteiger partial charge < -0.3 is 0 Å². The molecule has 1 heteroatoms. The lowest BCUT2D eigenvalue weighted by molar-refractivity contribution is 1.45. The maximum atomic E-state index is 3.81. The number of rotatable bonds is 2.